The zero-order chi connectivity index (χ0) is 24.9. The average molecular weight is 471 g/mol. The molecule has 2 aromatic carbocycles. The molecule has 35 heavy (non-hydrogen) atoms. The lowest BCUT2D eigenvalue weighted by atomic mass is 9.83. The highest BCUT2D eigenvalue weighted by Crippen LogP contribution is 2.39. The fourth-order valence-corrected chi connectivity index (χ4v) is 5.43. The number of nitrogens with zero attached hydrogens (tertiary/aromatic N) is 1. The minimum Gasteiger partial charge on any atom is -0.481 e. The summed E-state index contributed by atoms with van der Waals surface area (Å²) in [5, 5.41) is 12.4. The van der Waals surface area contributed by atoms with E-state index in [2.05, 4.69) is 40.6 Å². The van der Waals surface area contributed by atoms with Gasteiger partial charge in [0.25, 0.3) is 0 Å². The molecular weight excluding hydrogens is 436 g/mol. The second-order valence-corrected chi connectivity index (χ2v) is 9.90. The molecule has 1 aliphatic rings. The highest BCUT2D eigenvalue weighted by atomic mass is 16.4. The van der Waals surface area contributed by atoms with E-state index in [0.29, 0.717) is 5.92 Å². The van der Waals surface area contributed by atoms with E-state index >= 15 is 0 Å². The topological polar surface area (TPSA) is 79.3 Å². The molecule has 2 N–H and O–H groups in total. The molecule has 2 unspecified atom stereocenters. The lowest BCUT2D eigenvalue weighted by Gasteiger charge is -2.25. The number of anilines is 1. The number of carbonyl (C=O) groups is 2. The summed E-state index contributed by atoms with van der Waals surface area (Å²) in [5.74, 6) is -0.846. The van der Waals surface area contributed by atoms with E-state index in [-0.39, 0.29) is 24.2 Å². The van der Waals surface area contributed by atoms with Crippen LogP contribution in [-0.2, 0) is 9.59 Å². The van der Waals surface area contributed by atoms with E-state index in [1.165, 1.54) is 0 Å². The van der Waals surface area contributed by atoms with Crippen LogP contribution in [0.1, 0.15) is 73.1 Å². The van der Waals surface area contributed by atoms with Crippen LogP contribution >= 0.6 is 0 Å². The molecule has 5 nitrogen and oxygen atoms in total. The Hall–Kier alpha value is -3.47. The lowest BCUT2D eigenvalue weighted by Crippen LogP contribution is -2.27. The van der Waals surface area contributed by atoms with Crippen LogP contribution in [0.3, 0.4) is 0 Å². The van der Waals surface area contributed by atoms with Crippen molar-refractivity contribution in [1.29, 1.82) is 0 Å². The number of aryl methyl sites for hydroxylation is 1. The summed E-state index contributed by atoms with van der Waals surface area (Å²) in [4.78, 5) is 29.2. The molecule has 1 amide bonds. The van der Waals surface area contributed by atoms with Gasteiger partial charge in [-0.3, -0.25) is 14.6 Å². The molecule has 0 radical (unpaired) electrons. The molecule has 0 bridgehead atoms. The number of hydrogen-bond donors (Lipinski definition) is 2. The van der Waals surface area contributed by atoms with Gasteiger partial charge in [-0.1, -0.05) is 56.2 Å². The van der Waals surface area contributed by atoms with Crippen LogP contribution in [0, 0.1) is 19.8 Å². The van der Waals surface area contributed by atoms with Crippen molar-refractivity contribution >= 4 is 17.6 Å². The summed E-state index contributed by atoms with van der Waals surface area (Å²) >= 11 is 0. The fourth-order valence-electron chi connectivity index (χ4n) is 5.43. The van der Waals surface area contributed by atoms with Crippen LogP contribution in [0.25, 0.3) is 11.1 Å². The van der Waals surface area contributed by atoms with E-state index in [0.717, 1.165) is 64.8 Å². The molecule has 1 aliphatic carbocycles. The number of carboxylic acid groups (broad SMARTS) is 1. The van der Waals surface area contributed by atoms with Gasteiger partial charge in [0.05, 0.1) is 12.3 Å². The zero-order valence-electron chi connectivity index (χ0n) is 20.8. The van der Waals surface area contributed by atoms with E-state index in [9.17, 15) is 14.7 Å². The molecule has 5 heteroatoms. The van der Waals surface area contributed by atoms with Crippen LogP contribution in [0.4, 0.5) is 5.69 Å². The Kier molecular flexibility index (Phi) is 7.64. The van der Waals surface area contributed by atoms with Gasteiger partial charge in [0.2, 0.25) is 5.91 Å². The summed E-state index contributed by atoms with van der Waals surface area (Å²) in [5.41, 5.74) is 6.96. The Balaban J connectivity index is 1.60. The van der Waals surface area contributed by atoms with Crippen LogP contribution in [-0.4, -0.2) is 22.0 Å². The van der Waals surface area contributed by atoms with Gasteiger partial charge in [-0.2, -0.15) is 0 Å². The third-order valence-corrected chi connectivity index (χ3v) is 7.28. The summed E-state index contributed by atoms with van der Waals surface area (Å²) in [6, 6.07) is 16.2. The van der Waals surface area contributed by atoms with Gasteiger partial charge in [0.1, 0.15) is 0 Å². The second kappa shape index (κ2) is 10.9. The lowest BCUT2D eigenvalue weighted by molar-refractivity contribution is -0.137. The molecule has 2 atom stereocenters. The van der Waals surface area contributed by atoms with Crippen LogP contribution in [0.5, 0.6) is 0 Å². The average Bonchev–Trinajstić information content (AvgIpc) is 3.35. The largest absolute Gasteiger partial charge is 0.481 e. The Bertz CT molecular complexity index is 1200. The fraction of sp³-hybridized carbons (Fsp3) is 0.367. The molecule has 3 aromatic rings. The number of pyridine rings is 1. The minimum absolute atomic E-state index is 0.00742. The molecule has 0 spiro atoms. The van der Waals surface area contributed by atoms with Crippen molar-refractivity contribution in [3.8, 4) is 11.1 Å². The maximum atomic E-state index is 13.7. The molecule has 1 saturated carbocycles. The van der Waals surface area contributed by atoms with Gasteiger partial charge >= 0.3 is 5.97 Å². The van der Waals surface area contributed by atoms with Gasteiger partial charge in [0, 0.05) is 23.6 Å². The third kappa shape index (κ3) is 5.79. The minimum atomic E-state index is -0.822. The van der Waals surface area contributed by atoms with Gasteiger partial charge < -0.3 is 10.4 Å². The number of rotatable bonds is 8. The van der Waals surface area contributed by atoms with Gasteiger partial charge in [-0.25, -0.2) is 0 Å². The van der Waals surface area contributed by atoms with Crippen molar-refractivity contribution in [2.45, 2.75) is 64.7 Å². The maximum absolute atomic E-state index is 13.7. The Labute approximate surface area is 207 Å². The predicted molar refractivity (Wildman–Crippen MR) is 140 cm³/mol. The van der Waals surface area contributed by atoms with Gasteiger partial charge in [-0.15, -0.1) is 0 Å². The first-order chi connectivity index (χ1) is 16.8. The third-order valence-electron chi connectivity index (χ3n) is 7.28. The number of benzene rings is 2. The molecule has 0 saturated heterocycles. The van der Waals surface area contributed by atoms with Crippen LogP contribution < -0.4 is 5.32 Å². The highest BCUT2D eigenvalue weighted by Gasteiger charge is 2.32. The quantitative estimate of drug-likeness (QED) is 0.377. The van der Waals surface area contributed by atoms with Crippen molar-refractivity contribution in [3.63, 3.8) is 0 Å². The Morgan fingerprint density at radius 1 is 1.03 bits per heavy atom. The summed E-state index contributed by atoms with van der Waals surface area (Å²) in [6.45, 7) is 5.90. The monoisotopic (exact) mass is 470 g/mol. The first kappa shape index (κ1) is 24.6. The SMILES string of the molecule is Cc1cncc(-c2ccc(C(C(=O)Nc3cccc(C(C)CC(=O)O)c3C)C3CCCC3)cc2)c1. The Morgan fingerprint density at radius 2 is 1.74 bits per heavy atom. The number of nitrogens with one attached hydrogen (secondary N) is 1. The summed E-state index contributed by atoms with van der Waals surface area (Å²) < 4.78 is 0. The second-order valence-electron chi connectivity index (χ2n) is 9.90. The van der Waals surface area contributed by atoms with Crippen molar-refractivity contribution in [2.75, 3.05) is 5.32 Å². The first-order valence-electron chi connectivity index (χ1n) is 12.5. The van der Waals surface area contributed by atoms with Crippen molar-refractivity contribution in [2.24, 2.45) is 5.92 Å². The van der Waals surface area contributed by atoms with Gasteiger partial charge in [0.15, 0.2) is 0 Å². The van der Waals surface area contributed by atoms with E-state index < -0.39 is 5.97 Å². The molecule has 4 rings (SSSR count). The number of aliphatic carboxylic acids is 1. The van der Waals surface area contributed by atoms with Crippen molar-refractivity contribution in [1.82, 2.24) is 4.98 Å². The predicted octanol–water partition coefficient (Wildman–Crippen LogP) is 6.86. The van der Waals surface area contributed by atoms with Crippen LogP contribution in [0.15, 0.2) is 60.9 Å². The van der Waals surface area contributed by atoms with E-state index in [4.69, 9.17) is 0 Å². The summed E-state index contributed by atoms with van der Waals surface area (Å²) in [6.07, 6.45) is 8.19. The Morgan fingerprint density at radius 3 is 2.40 bits per heavy atom. The van der Waals surface area contributed by atoms with Gasteiger partial charge in [-0.05, 0) is 78.5 Å². The number of hydrogen-bond acceptors (Lipinski definition) is 3. The highest BCUT2D eigenvalue weighted by molar-refractivity contribution is 5.97. The molecular formula is C30H34N2O3. The van der Waals surface area contributed by atoms with E-state index in [1.807, 2.05) is 51.4 Å². The number of amides is 1. The number of carbonyl (C=O) groups excluding carboxylic acids is 1. The molecule has 1 fully saturated rings. The van der Waals surface area contributed by atoms with Crippen LogP contribution in [0.2, 0.25) is 0 Å². The summed E-state index contributed by atoms with van der Waals surface area (Å²) in [7, 11) is 0. The van der Waals surface area contributed by atoms with E-state index in [1.54, 1.807) is 0 Å². The van der Waals surface area contributed by atoms with Crippen molar-refractivity contribution in [3.05, 3.63) is 83.2 Å². The smallest absolute Gasteiger partial charge is 0.303 e. The standard InChI is InChI=1S/C30H34N2O3/c1-19-15-25(18-31-17-19)22-11-13-24(14-12-22)29(23-7-4-5-8-23)30(35)32-27-10-6-9-26(21(27)3)20(2)16-28(33)34/h6,9-15,17-18,20,23,29H,4-5,7-8,16H2,1-3H3,(H,32,35)(H,33,34). The molecule has 182 valence electrons. The molecule has 0 aliphatic heterocycles. The normalized spacial score (nSPS) is 15.5. The maximum Gasteiger partial charge on any atom is 0.303 e. The zero-order valence-corrected chi connectivity index (χ0v) is 20.8. The first-order valence-corrected chi connectivity index (χ1v) is 12.5. The number of carboxylic acids is 1. The van der Waals surface area contributed by atoms with Crippen molar-refractivity contribution < 1.29 is 14.7 Å². The molecule has 1 heterocycles. The molecule has 1 aromatic heterocycles. The number of aromatic nitrogens is 1.